The molecule has 2 amide bonds. The van der Waals surface area contributed by atoms with E-state index in [1.165, 1.54) is 6.92 Å². The predicted molar refractivity (Wildman–Crippen MR) is 120 cm³/mol. The van der Waals surface area contributed by atoms with Gasteiger partial charge in [0.25, 0.3) is 5.91 Å². The van der Waals surface area contributed by atoms with Crippen molar-refractivity contribution in [2.75, 3.05) is 22.4 Å². The molecule has 0 fully saturated rings. The zero-order valence-electron chi connectivity index (χ0n) is 17.8. The van der Waals surface area contributed by atoms with E-state index in [0.29, 0.717) is 23.5 Å². The third kappa shape index (κ3) is 5.82. The minimum atomic E-state index is -3.72. The molecule has 0 saturated heterocycles. The number of para-hydroxylation sites is 1. The van der Waals surface area contributed by atoms with Crippen molar-refractivity contribution in [2.24, 2.45) is 0 Å². The lowest BCUT2D eigenvalue weighted by atomic mass is 10.1. The first-order valence-electron chi connectivity index (χ1n) is 9.95. The molecule has 0 aliphatic heterocycles. The highest BCUT2D eigenvalue weighted by Gasteiger charge is 2.29. The monoisotopic (exact) mass is 431 g/mol. The summed E-state index contributed by atoms with van der Waals surface area (Å²) in [6.07, 6.45) is 2.68. The Hall–Kier alpha value is -2.87. The Balaban J connectivity index is 2.29. The van der Waals surface area contributed by atoms with Crippen molar-refractivity contribution in [1.29, 1.82) is 0 Å². The van der Waals surface area contributed by atoms with Crippen LogP contribution in [0.15, 0.2) is 48.5 Å². The highest BCUT2D eigenvalue weighted by Crippen LogP contribution is 2.23. The van der Waals surface area contributed by atoms with Gasteiger partial charge in [-0.05, 0) is 49.6 Å². The molecule has 2 aromatic carbocycles. The number of sulfonamides is 1. The molecule has 0 bridgehead atoms. The van der Waals surface area contributed by atoms with E-state index >= 15 is 0 Å². The molecule has 8 heteroatoms. The molecular weight excluding hydrogens is 402 g/mol. The van der Waals surface area contributed by atoms with Gasteiger partial charge in [0, 0.05) is 6.54 Å². The van der Waals surface area contributed by atoms with Crippen LogP contribution in [-0.2, 0) is 21.2 Å². The van der Waals surface area contributed by atoms with E-state index in [0.717, 1.165) is 29.0 Å². The van der Waals surface area contributed by atoms with Gasteiger partial charge in [0.2, 0.25) is 15.9 Å². The van der Waals surface area contributed by atoms with Gasteiger partial charge in [-0.25, -0.2) is 8.42 Å². The molecule has 1 unspecified atom stereocenters. The van der Waals surface area contributed by atoms with E-state index in [9.17, 15) is 18.0 Å². The van der Waals surface area contributed by atoms with Crippen LogP contribution in [0, 0.1) is 0 Å². The molecule has 0 radical (unpaired) electrons. The number of carbonyl (C=O) groups is 2. The summed E-state index contributed by atoms with van der Waals surface area (Å²) in [5.41, 5.74) is 2.13. The fraction of sp³-hybridized carbons (Fsp3) is 0.364. The Morgan fingerprint density at radius 1 is 1.03 bits per heavy atom. The Kier molecular flexibility index (Phi) is 8.00. The maximum Gasteiger partial charge on any atom is 0.253 e. The lowest BCUT2D eigenvalue weighted by molar-refractivity contribution is -0.116. The fourth-order valence-corrected chi connectivity index (χ4v) is 4.22. The quantitative estimate of drug-likeness (QED) is 0.637. The number of anilines is 2. The number of nitrogens with zero attached hydrogens (tertiary/aromatic N) is 1. The molecule has 0 aliphatic carbocycles. The Labute approximate surface area is 178 Å². The predicted octanol–water partition coefficient (Wildman–Crippen LogP) is 3.18. The summed E-state index contributed by atoms with van der Waals surface area (Å²) in [6.45, 7) is 5.99. The molecule has 2 aromatic rings. The average Bonchev–Trinajstić information content (AvgIpc) is 2.72. The van der Waals surface area contributed by atoms with E-state index in [2.05, 4.69) is 10.6 Å². The number of nitrogens with one attached hydrogen (secondary N) is 2. The van der Waals surface area contributed by atoms with Gasteiger partial charge in [-0.15, -0.1) is 0 Å². The lowest BCUT2D eigenvalue weighted by Crippen LogP contribution is -2.45. The smallest absolute Gasteiger partial charge is 0.253 e. The first kappa shape index (κ1) is 23.4. The summed E-state index contributed by atoms with van der Waals surface area (Å²) in [4.78, 5) is 25.3. The number of amides is 2. The first-order chi connectivity index (χ1) is 14.2. The van der Waals surface area contributed by atoms with Crippen molar-refractivity contribution < 1.29 is 18.0 Å². The SMILES string of the molecule is CCCNC(=O)c1ccccc1NC(=O)C(C)N(c1ccc(CC)cc1)S(C)(=O)=O. The second-order valence-corrected chi connectivity index (χ2v) is 8.90. The second kappa shape index (κ2) is 10.2. The molecule has 2 rings (SSSR count). The third-order valence-electron chi connectivity index (χ3n) is 4.65. The number of carbonyl (C=O) groups excluding carboxylic acids is 2. The fourth-order valence-electron chi connectivity index (χ4n) is 3.05. The van der Waals surface area contributed by atoms with E-state index in [4.69, 9.17) is 0 Å². The zero-order chi connectivity index (χ0) is 22.3. The van der Waals surface area contributed by atoms with Gasteiger partial charge in [0.05, 0.1) is 23.2 Å². The van der Waals surface area contributed by atoms with Crippen LogP contribution in [0.4, 0.5) is 11.4 Å². The maximum absolute atomic E-state index is 12.9. The van der Waals surface area contributed by atoms with Gasteiger partial charge in [0.1, 0.15) is 6.04 Å². The minimum Gasteiger partial charge on any atom is -0.352 e. The van der Waals surface area contributed by atoms with Crippen molar-refractivity contribution in [3.8, 4) is 0 Å². The van der Waals surface area contributed by atoms with Crippen molar-refractivity contribution >= 4 is 33.2 Å². The Morgan fingerprint density at radius 2 is 1.67 bits per heavy atom. The van der Waals surface area contributed by atoms with E-state index in [1.54, 1.807) is 36.4 Å². The highest BCUT2D eigenvalue weighted by atomic mass is 32.2. The van der Waals surface area contributed by atoms with Crippen LogP contribution in [0.2, 0.25) is 0 Å². The Bertz CT molecular complexity index is 988. The molecule has 0 aromatic heterocycles. The van der Waals surface area contributed by atoms with Crippen molar-refractivity contribution in [2.45, 2.75) is 39.7 Å². The van der Waals surface area contributed by atoms with Gasteiger partial charge in [-0.3, -0.25) is 13.9 Å². The second-order valence-electron chi connectivity index (χ2n) is 7.05. The lowest BCUT2D eigenvalue weighted by Gasteiger charge is -2.28. The summed E-state index contributed by atoms with van der Waals surface area (Å²) in [5.74, 6) is -0.828. The molecular formula is C22H29N3O4S. The van der Waals surface area contributed by atoms with Gasteiger partial charge < -0.3 is 10.6 Å². The van der Waals surface area contributed by atoms with Crippen LogP contribution in [0.5, 0.6) is 0 Å². The first-order valence-corrected chi connectivity index (χ1v) is 11.8. The topological polar surface area (TPSA) is 95.6 Å². The van der Waals surface area contributed by atoms with Crippen molar-refractivity contribution in [3.05, 3.63) is 59.7 Å². The van der Waals surface area contributed by atoms with Crippen molar-refractivity contribution in [3.63, 3.8) is 0 Å². The maximum atomic E-state index is 12.9. The zero-order valence-corrected chi connectivity index (χ0v) is 18.6. The third-order valence-corrected chi connectivity index (χ3v) is 5.89. The minimum absolute atomic E-state index is 0.296. The van der Waals surface area contributed by atoms with Gasteiger partial charge in [-0.2, -0.15) is 0 Å². The number of aryl methyl sites for hydroxylation is 1. The highest BCUT2D eigenvalue weighted by molar-refractivity contribution is 7.92. The normalized spacial score (nSPS) is 12.1. The summed E-state index contributed by atoms with van der Waals surface area (Å²) in [5, 5.41) is 5.49. The van der Waals surface area contributed by atoms with Crippen LogP contribution in [0.1, 0.15) is 43.1 Å². The standard InChI is InChI=1S/C22H29N3O4S/c1-5-15-23-22(27)19-9-7-8-10-20(19)24-21(26)16(3)25(30(4,28)29)18-13-11-17(6-2)12-14-18/h7-14,16H,5-6,15H2,1-4H3,(H,23,27)(H,24,26). The summed E-state index contributed by atoms with van der Waals surface area (Å²) < 4.78 is 26.0. The largest absolute Gasteiger partial charge is 0.352 e. The van der Waals surface area contributed by atoms with Crippen LogP contribution < -0.4 is 14.9 Å². The molecule has 1 atom stereocenters. The van der Waals surface area contributed by atoms with Crippen LogP contribution in [0.3, 0.4) is 0 Å². The summed E-state index contributed by atoms with van der Waals surface area (Å²) in [7, 11) is -3.72. The van der Waals surface area contributed by atoms with Crippen LogP contribution in [-0.4, -0.2) is 39.1 Å². The number of hydrogen-bond donors (Lipinski definition) is 2. The molecule has 0 spiro atoms. The summed E-state index contributed by atoms with van der Waals surface area (Å²) in [6, 6.07) is 12.7. The number of hydrogen-bond acceptors (Lipinski definition) is 4. The van der Waals surface area contributed by atoms with Gasteiger partial charge in [0.15, 0.2) is 0 Å². The van der Waals surface area contributed by atoms with Crippen molar-refractivity contribution in [1.82, 2.24) is 5.32 Å². The molecule has 162 valence electrons. The Morgan fingerprint density at radius 3 is 2.23 bits per heavy atom. The molecule has 2 N–H and O–H groups in total. The van der Waals surface area contributed by atoms with E-state index in [1.807, 2.05) is 26.0 Å². The van der Waals surface area contributed by atoms with Crippen LogP contribution in [0.25, 0.3) is 0 Å². The molecule has 7 nitrogen and oxygen atoms in total. The molecule has 0 saturated carbocycles. The summed E-state index contributed by atoms with van der Waals surface area (Å²) >= 11 is 0. The van der Waals surface area contributed by atoms with E-state index in [-0.39, 0.29) is 5.91 Å². The average molecular weight is 432 g/mol. The van der Waals surface area contributed by atoms with Gasteiger partial charge in [-0.1, -0.05) is 38.1 Å². The van der Waals surface area contributed by atoms with E-state index < -0.39 is 22.0 Å². The molecule has 0 heterocycles. The number of rotatable bonds is 9. The number of benzene rings is 2. The van der Waals surface area contributed by atoms with Gasteiger partial charge >= 0.3 is 0 Å². The molecule has 30 heavy (non-hydrogen) atoms. The molecule has 0 aliphatic rings. The van der Waals surface area contributed by atoms with Crippen LogP contribution >= 0.6 is 0 Å².